The summed E-state index contributed by atoms with van der Waals surface area (Å²) in [4.78, 5) is 17.3. The molecule has 7 nitrogen and oxygen atoms in total. The van der Waals surface area contributed by atoms with Crippen LogP contribution in [0.3, 0.4) is 0 Å². The Kier molecular flexibility index (Phi) is 6.48. The van der Waals surface area contributed by atoms with E-state index in [1.165, 1.54) is 12.3 Å². The molecule has 0 aliphatic heterocycles. The van der Waals surface area contributed by atoms with Crippen LogP contribution < -0.4 is 14.8 Å². The molecule has 4 rings (SSSR count). The Morgan fingerprint density at radius 3 is 2.27 bits per heavy atom. The Bertz CT molecular complexity index is 1260. The zero-order valence-electron chi connectivity index (χ0n) is 18.1. The van der Waals surface area contributed by atoms with Crippen molar-refractivity contribution < 1.29 is 23.0 Å². The molecule has 0 unspecified atom stereocenters. The van der Waals surface area contributed by atoms with Crippen LogP contribution in [0.5, 0.6) is 11.5 Å². The number of nitrogens with one attached hydrogen (secondary N) is 1. The number of methoxy groups -OCH3 is 2. The van der Waals surface area contributed by atoms with Crippen LogP contribution >= 0.6 is 0 Å². The summed E-state index contributed by atoms with van der Waals surface area (Å²) >= 11 is 0. The molecule has 33 heavy (non-hydrogen) atoms. The largest absolute Gasteiger partial charge is 0.497 e. The van der Waals surface area contributed by atoms with Crippen LogP contribution in [-0.2, 0) is 6.42 Å². The van der Waals surface area contributed by atoms with Crippen molar-refractivity contribution in [3.63, 3.8) is 0 Å². The molecule has 9 heteroatoms. The van der Waals surface area contributed by atoms with Gasteiger partial charge in [0, 0.05) is 12.1 Å². The van der Waals surface area contributed by atoms with Crippen molar-refractivity contribution in [1.29, 1.82) is 0 Å². The number of hydrogen-bond acceptors (Lipinski definition) is 5. The van der Waals surface area contributed by atoms with E-state index in [1.54, 1.807) is 38.5 Å². The van der Waals surface area contributed by atoms with E-state index in [2.05, 4.69) is 15.4 Å². The molecule has 2 aromatic carbocycles. The van der Waals surface area contributed by atoms with Crippen LogP contribution in [-0.4, -0.2) is 41.3 Å². The van der Waals surface area contributed by atoms with E-state index in [9.17, 15) is 13.6 Å². The number of alkyl halides is 2. The van der Waals surface area contributed by atoms with Gasteiger partial charge in [-0.25, -0.2) is 18.3 Å². The summed E-state index contributed by atoms with van der Waals surface area (Å²) in [5.74, 6) is 0.955. The van der Waals surface area contributed by atoms with E-state index in [4.69, 9.17) is 9.47 Å². The third-order valence-electron chi connectivity index (χ3n) is 5.21. The van der Waals surface area contributed by atoms with Gasteiger partial charge in [0.25, 0.3) is 12.3 Å². The summed E-state index contributed by atoms with van der Waals surface area (Å²) in [6.45, 7) is 0.363. The van der Waals surface area contributed by atoms with Gasteiger partial charge in [0.1, 0.15) is 22.8 Å². The lowest BCUT2D eigenvalue weighted by atomic mass is 10.1. The zero-order chi connectivity index (χ0) is 23.4. The number of aromatic nitrogens is 3. The van der Waals surface area contributed by atoms with Gasteiger partial charge in [0.15, 0.2) is 5.65 Å². The molecular weight excluding hydrogens is 430 g/mol. The van der Waals surface area contributed by atoms with E-state index in [0.717, 1.165) is 15.8 Å². The average Bonchev–Trinajstić information content (AvgIpc) is 3.28. The lowest BCUT2D eigenvalue weighted by Gasteiger charge is -2.09. The Morgan fingerprint density at radius 2 is 1.67 bits per heavy atom. The smallest absolute Gasteiger partial charge is 0.280 e. The molecule has 0 fully saturated rings. The first kappa shape index (κ1) is 22.2. The van der Waals surface area contributed by atoms with Gasteiger partial charge in [-0.3, -0.25) is 4.79 Å². The zero-order valence-corrected chi connectivity index (χ0v) is 18.1. The first-order valence-corrected chi connectivity index (χ1v) is 10.2. The number of hydrogen-bond donors (Lipinski definition) is 1. The van der Waals surface area contributed by atoms with Crippen LogP contribution in [0.4, 0.5) is 8.78 Å². The number of benzene rings is 2. The van der Waals surface area contributed by atoms with E-state index < -0.39 is 12.3 Å². The van der Waals surface area contributed by atoms with E-state index in [-0.39, 0.29) is 16.9 Å². The summed E-state index contributed by atoms with van der Waals surface area (Å²) in [6.07, 6.45) is -0.936. The number of carbonyl (C=O) groups excluding carboxylic acids is 1. The van der Waals surface area contributed by atoms with Gasteiger partial charge in [-0.15, -0.1) is 0 Å². The first-order chi connectivity index (χ1) is 16.0. The van der Waals surface area contributed by atoms with Crippen molar-refractivity contribution in [2.24, 2.45) is 0 Å². The second-order valence-electron chi connectivity index (χ2n) is 7.24. The molecule has 1 amide bonds. The Hall–Kier alpha value is -4.01. The monoisotopic (exact) mass is 452 g/mol. The van der Waals surface area contributed by atoms with E-state index in [1.807, 2.05) is 24.3 Å². The summed E-state index contributed by atoms with van der Waals surface area (Å²) in [6, 6.07) is 15.7. The molecule has 170 valence electrons. The molecule has 0 saturated carbocycles. The molecule has 2 heterocycles. The van der Waals surface area contributed by atoms with Crippen LogP contribution in [0.25, 0.3) is 16.9 Å². The van der Waals surface area contributed by atoms with Crippen LogP contribution in [0.15, 0.2) is 60.8 Å². The predicted octanol–water partition coefficient (Wildman–Crippen LogP) is 4.32. The van der Waals surface area contributed by atoms with Crippen molar-refractivity contribution in [3.8, 4) is 22.8 Å². The number of amides is 1. The fourth-order valence-electron chi connectivity index (χ4n) is 3.42. The van der Waals surface area contributed by atoms with Crippen molar-refractivity contribution in [2.45, 2.75) is 12.8 Å². The number of carbonyl (C=O) groups is 1. The van der Waals surface area contributed by atoms with Gasteiger partial charge in [0.05, 0.1) is 26.1 Å². The summed E-state index contributed by atoms with van der Waals surface area (Å²) in [5, 5.41) is 6.80. The maximum atomic E-state index is 13.7. The topological polar surface area (TPSA) is 77.8 Å². The SMILES string of the molecule is COc1ccc(CCNC(=O)c2cnn3c(C(F)F)cc(-c4ccc(OC)cc4)nc23)cc1. The molecule has 1 N–H and O–H groups in total. The molecule has 0 saturated heterocycles. The Morgan fingerprint density at radius 1 is 1.03 bits per heavy atom. The van der Waals surface area contributed by atoms with Gasteiger partial charge in [-0.2, -0.15) is 5.10 Å². The molecular formula is C24H22F2N4O3. The quantitative estimate of drug-likeness (QED) is 0.431. The maximum absolute atomic E-state index is 13.7. The highest BCUT2D eigenvalue weighted by Crippen LogP contribution is 2.27. The number of nitrogens with zero attached hydrogens (tertiary/aromatic N) is 3. The molecule has 0 aliphatic carbocycles. The third-order valence-corrected chi connectivity index (χ3v) is 5.21. The predicted molar refractivity (Wildman–Crippen MR) is 119 cm³/mol. The highest BCUT2D eigenvalue weighted by atomic mass is 19.3. The third kappa shape index (κ3) is 4.77. The van der Waals surface area contributed by atoms with Gasteiger partial charge < -0.3 is 14.8 Å². The Balaban J connectivity index is 1.58. The standard InChI is InChI=1S/C24H22F2N4O3/c1-32-17-7-3-15(4-8-17)11-12-27-24(31)19-14-28-30-21(22(25)26)13-20(29-23(19)30)16-5-9-18(33-2)10-6-16/h3-10,13-14,22H,11-12H2,1-2H3,(H,27,31). The average molecular weight is 452 g/mol. The Labute approximate surface area is 189 Å². The highest BCUT2D eigenvalue weighted by molar-refractivity contribution is 5.99. The fourth-order valence-corrected chi connectivity index (χ4v) is 3.42. The number of fused-ring (bicyclic) bond motifs is 1. The van der Waals surface area contributed by atoms with E-state index >= 15 is 0 Å². The minimum absolute atomic E-state index is 0.0700. The lowest BCUT2D eigenvalue weighted by molar-refractivity contribution is 0.0955. The minimum atomic E-state index is -2.79. The number of halogens is 2. The summed E-state index contributed by atoms with van der Waals surface area (Å²) in [7, 11) is 3.14. The molecule has 0 radical (unpaired) electrons. The van der Waals surface area contributed by atoms with Gasteiger partial charge in [-0.05, 0) is 54.4 Å². The fraction of sp³-hybridized carbons (Fsp3) is 0.208. The van der Waals surface area contributed by atoms with Crippen molar-refractivity contribution in [1.82, 2.24) is 19.9 Å². The molecule has 2 aromatic heterocycles. The second-order valence-corrected chi connectivity index (χ2v) is 7.24. The van der Waals surface area contributed by atoms with Gasteiger partial charge in [0.2, 0.25) is 0 Å². The van der Waals surface area contributed by atoms with Gasteiger partial charge in [-0.1, -0.05) is 12.1 Å². The number of ether oxygens (including phenoxy) is 2. The first-order valence-electron chi connectivity index (χ1n) is 10.2. The van der Waals surface area contributed by atoms with Crippen LogP contribution in [0, 0.1) is 0 Å². The summed E-state index contributed by atoms with van der Waals surface area (Å²) < 4.78 is 38.8. The summed E-state index contributed by atoms with van der Waals surface area (Å²) in [5.41, 5.74) is 1.81. The van der Waals surface area contributed by atoms with E-state index in [0.29, 0.717) is 30.0 Å². The normalized spacial score (nSPS) is 11.1. The van der Waals surface area contributed by atoms with Crippen molar-refractivity contribution >= 4 is 11.6 Å². The molecule has 4 aromatic rings. The van der Waals surface area contributed by atoms with Crippen LogP contribution in [0.2, 0.25) is 0 Å². The van der Waals surface area contributed by atoms with Gasteiger partial charge >= 0.3 is 0 Å². The molecule has 0 spiro atoms. The highest BCUT2D eigenvalue weighted by Gasteiger charge is 2.21. The van der Waals surface area contributed by atoms with Crippen molar-refractivity contribution in [2.75, 3.05) is 20.8 Å². The van der Waals surface area contributed by atoms with Crippen LogP contribution in [0.1, 0.15) is 28.0 Å². The molecule has 0 atom stereocenters. The lowest BCUT2D eigenvalue weighted by Crippen LogP contribution is -2.25. The molecule has 0 bridgehead atoms. The maximum Gasteiger partial charge on any atom is 0.280 e. The minimum Gasteiger partial charge on any atom is -0.497 e. The molecule has 0 aliphatic rings. The second kappa shape index (κ2) is 9.64. The number of rotatable bonds is 8. The van der Waals surface area contributed by atoms with Crippen molar-refractivity contribution in [3.05, 3.63) is 77.6 Å².